The van der Waals surface area contributed by atoms with Crippen molar-refractivity contribution in [1.29, 1.82) is 0 Å². The van der Waals surface area contributed by atoms with Gasteiger partial charge >= 0.3 is 12.0 Å². The molecule has 3 aromatic rings. The van der Waals surface area contributed by atoms with Crippen molar-refractivity contribution >= 4 is 29.3 Å². The Hall–Kier alpha value is -3.86. The van der Waals surface area contributed by atoms with Crippen LogP contribution in [0.5, 0.6) is 17.2 Å². The maximum absolute atomic E-state index is 12.6. The molecule has 0 unspecified atom stereocenters. The molecule has 1 saturated heterocycles. The Morgan fingerprint density at radius 2 is 1.87 bits per heavy atom. The molecule has 1 aromatic heterocycles. The number of hydrogen-bond acceptors (Lipinski definition) is 7. The van der Waals surface area contributed by atoms with Crippen LogP contribution in [0, 0.1) is 6.92 Å². The third kappa shape index (κ3) is 7.82. The summed E-state index contributed by atoms with van der Waals surface area (Å²) in [6.07, 6.45) is 1.37. The molecule has 4 N–H and O–H groups in total. The molecular weight excluding hydrogens is 510 g/mol. The molecule has 0 spiro atoms. The maximum atomic E-state index is 12.6. The number of ether oxygens (including phenoxy) is 2. The number of pyridine rings is 1. The van der Waals surface area contributed by atoms with E-state index in [1.807, 2.05) is 25.1 Å². The lowest BCUT2D eigenvalue weighted by molar-refractivity contribution is 0.0690. The molecule has 0 bridgehead atoms. The second-order valence-corrected chi connectivity index (χ2v) is 9.18. The van der Waals surface area contributed by atoms with Crippen molar-refractivity contribution in [2.45, 2.75) is 13.5 Å². The van der Waals surface area contributed by atoms with Gasteiger partial charge in [0.05, 0.1) is 5.69 Å². The molecule has 0 atom stereocenters. The highest BCUT2D eigenvalue weighted by Crippen LogP contribution is 2.31. The quantitative estimate of drug-likeness (QED) is 0.303. The number of urea groups is 1. The standard InChI is InChI=1S/C27H30ClN5O5/c1-18-14-25(37-13-12-33-10-8-29-9-11-33)23(16-22(18)28)32-27(36)31-17-19-2-4-20(5-3-19)38-21-6-7-30-24(15-21)26(34)35/h2-7,14-16,29H,8-13,17H2,1H3,(H,34,35)(H2,31,32,36). The van der Waals surface area contributed by atoms with Gasteiger partial charge in [0.1, 0.15) is 23.9 Å². The highest BCUT2D eigenvalue weighted by atomic mass is 35.5. The minimum absolute atomic E-state index is 0.0997. The van der Waals surface area contributed by atoms with Crippen molar-refractivity contribution < 1.29 is 24.2 Å². The van der Waals surface area contributed by atoms with Crippen molar-refractivity contribution in [3.63, 3.8) is 0 Å². The number of carboxylic acids is 1. The summed E-state index contributed by atoms with van der Waals surface area (Å²) in [6.45, 7) is 7.39. The summed E-state index contributed by atoms with van der Waals surface area (Å²) in [5.41, 5.74) is 2.11. The molecule has 2 amide bonds. The fraction of sp³-hybridized carbons (Fsp3) is 0.296. The minimum atomic E-state index is -1.13. The topological polar surface area (TPSA) is 125 Å². The van der Waals surface area contributed by atoms with Gasteiger partial charge in [-0.3, -0.25) is 4.90 Å². The third-order valence-corrected chi connectivity index (χ3v) is 6.35. The van der Waals surface area contributed by atoms with Crippen LogP contribution in [0.1, 0.15) is 21.6 Å². The van der Waals surface area contributed by atoms with Crippen molar-refractivity contribution in [3.05, 3.63) is 76.6 Å². The van der Waals surface area contributed by atoms with E-state index in [0.717, 1.165) is 43.9 Å². The van der Waals surface area contributed by atoms with E-state index in [4.69, 9.17) is 26.2 Å². The molecule has 200 valence electrons. The second kappa shape index (κ2) is 13.1. The Kier molecular flexibility index (Phi) is 9.36. The van der Waals surface area contributed by atoms with Gasteiger partial charge in [0.15, 0.2) is 5.69 Å². The number of nitrogens with one attached hydrogen (secondary N) is 3. The van der Waals surface area contributed by atoms with Crippen LogP contribution in [-0.4, -0.2) is 66.3 Å². The Morgan fingerprint density at radius 3 is 2.61 bits per heavy atom. The van der Waals surface area contributed by atoms with Gasteiger partial charge in [0.2, 0.25) is 0 Å². The summed E-state index contributed by atoms with van der Waals surface area (Å²) in [5.74, 6) is 0.334. The van der Waals surface area contributed by atoms with Crippen LogP contribution in [-0.2, 0) is 6.54 Å². The van der Waals surface area contributed by atoms with Crippen LogP contribution < -0.4 is 25.4 Å². The minimum Gasteiger partial charge on any atom is -0.490 e. The molecule has 2 aromatic carbocycles. The van der Waals surface area contributed by atoms with E-state index in [1.165, 1.54) is 12.3 Å². The summed E-state index contributed by atoms with van der Waals surface area (Å²) < 4.78 is 11.7. The van der Waals surface area contributed by atoms with Gasteiger partial charge in [0.25, 0.3) is 0 Å². The number of carbonyl (C=O) groups is 2. The largest absolute Gasteiger partial charge is 0.490 e. The third-order valence-electron chi connectivity index (χ3n) is 5.95. The molecule has 0 saturated carbocycles. The van der Waals surface area contributed by atoms with Crippen LogP contribution in [0.3, 0.4) is 0 Å². The molecule has 1 fully saturated rings. The Morgan fingerprint density at radius 1 is 1.11 bits per heavy atom. The Balaban J connectivity index is 1.29. The molecule has 0 aliphatic carbocycles. The van der Waals surface area contributed by atoms with Crippen molar-refractivity contribution in [2.24, 2.45) is 0 Å². The number of aryl methyl sites for hydroxylation is 1. The first-order valence-corrected chi connectivity index (χ1v) is 12.6. The molecule has 10 nitrogen and oxygen atoms in total. The number of amides is 2. The lowest BCUT2D eigenvalue weighted by Crippen LogP contribution is -2.44. The van der Waals surface area contributed by atoms with Crippen LogP contribution in [0.2, 0.25) is 5.02 Å². The van der Waals surface area contributed by atoms with Crippen molar-refractivity contribution in [1.82, 2.24) is 20.5 Å². The average molecular weight is 540 g/mol. The molecule has 4 rings (SSSR count). The normalized spacial score (nSPS) is 13.5. The van der Waals surface area contributed by atoms with Crippen molar-refractivity contribution in [3.8, 4) is 17.2 Å². The number of carbonyl (C=O) groups excluding carboxylic acids is 1. The van der Waals surface area contributed by atoms with Crippen LogP contribution in [0.4, 0.5) is 10.5 Å². The van der Waals surface area contributed by atoms with Crippen LogP contribution >= 0.6 is 11.6 Å². The number of benzene rings is 2. The van der Waals surface area contributed by atoms with Gasteiger partial charge in [-0.05, 0) is 48.4 Å². The van der Waals surface area contributed by atoms with E-state index in [9.17, 15) is 9.59 Å². The zero-order valence-corrected chi connectivity index (χ0v) is 21.8. The Bertz CT molecular complexity index is 1270. The molecule has 1 aliphatic heterocycles. The predicted octanol–water partition coefficient (Wildman–Crippen LogP) is 4.14. The van der Waals surface area contributed by atoms with E-state index >= 15 is 0 Å². The number of carboxylic acid groups (broad SMARTS) is 1. The first kappa shape index (κ1) is 27.2. The van der Waals surface area contributed by atoms with Gasteiger partial charge in [-0.1, -0.05) is 23.7 Å². The molecular formula is C27H30ClN5O5. The van der Waals surface area contributed by atoms with E-state index in [0.29, 0.717) is 34.6 Å². The number of hydrogen-bond donors (Lipinski definition) is 4. The lowest BCUT2D eigenvalue weighted by atomic mass is 10.2. The maximum Gasteiger partial charge on any atom is 0.354 e. The summed E-state index contributed by atoms with van der Waals surface area (Å²) in [6, 6.07) is 13.1. The zero-order chi connectivity index (χ0) is 26.9. The van der Waals surface area contributed by atoms with E-state index < -0.39 is 12.0 Å². The highest BCUT2D eigenvalue weighted by molar-refractivity contribution is 6.31. The number of nitrogens with zero attached hydrogens (tertiary/aromatic N) is 2. The van der Waals surface area contributed by atoms with E-state index in [2.05, 4.69) is 25.8 Å². The monoisotopic (exact) mass is 539 g/mol. The molecule has 2 heterocycles. The van der Waals surface area contributed by atoms with Gasteiger partial charge in [-0.15, -0.1) is 0 Å². The molecule has 1 aliphatic rings. The van der Waals surface area contributed by atoms with Gasteiger partial charge in [-0.2, -0.15) is 0 Å². The summed E-state index contributed by atoms with van der Waals surface area (Å²) in [4.78, 5) is 29.8. The SMILES string of the molecule is Cc1cc(OCCN2CCNCC2)c(NC(=O)NCc2ccc(Oc3ccnc(C(=O)O)c3)cc2)cc1Cl. The molecule has 11 heteroatoms. The predicted molar refractivity (Wildman–Crippen MR) is 145 cm³/mol. The highest BCUT2D eigenvalue weighted by Gasteiger charge is 2.14. The lowest BCUT2D eigenvalue weighted by Gasteiger charge is -2.27. The summed E-state index contributed by atoms with van der Waals surface area (Å²) in [5, 5.41) is 18.6. The first-order valence-electron chi connectivity index (χ1n) is 12.2. The van der Waals surface area contributed by atoms with E-state index in [-0.39, 0.29) is 12.2 Å². The number of aromatic carboxylic acids is 1. The fourth-order valence-corrected chi connectivity index (χ4v) is 4.01. The summed E-state index contributed by atoms with van der Waals surface area (Å²) >= 11 is 6.31. The first-order chi connectivity index (χ1) is 18.4. The van der Waals surface area contributed by atoms with E-state index in [1.54, 1.807) is 24.3 Å². The number of halogens is 1. The fourth-order valence-electron chi connectivity index (χ4n) is 3.84. The molecule has 38 heavy (non-hydrogen) atoms. The molecule has 0 radical (unpaired) electrons. The number of rotatable bonds is 10. The number of aromatic nitrogens is 1. The van der Waals surface area contributed by atoms with Crippen LogP contribution in [0.15, 0.2) is 54.7 Å². The number of piperazine rings is 1. The summed E-state index contributed by atoms with van der Waals surface area (Å²) in [7, 11) is 0. The van der Waals surface area contributed by atoms with Crippen molar-refractivity contribution in [2.75, 3.05) is 44.6 Å². The Labute approximate surface area is 225 Å². The van der Waals surface area contributed by atoms with Gasteiger partial charge in [0, 0.05) is 56.6 Å². The smallest absolute Gasteiger partial charge is 0.354 e. The number of anilines is 1. The second-order valence-electron chi connectivity index (χ2n) is 8.77. The van der Waals surface area contributed by atoms with Gasteiger partial charge in [-0.25, -0.2) is 14.6 Å². The zero-order valence-electron chi connectivity index (χ0n) is 21.0. The van der Waals surface area contributed by atoms with Crippen LogP contribution in [0.25, 0.3) is 0 Å². The van der Waals surface area contributed by atoms with Gasteiger partial charge < -0.3 is 30.5 Å². The average Bonchev–Trinajstić information content (AvgIpc) is 2.92.